The number of carbonyl (C=O) groups excluding carboxylic acids is 2. The highest BCUT2D eigenvalue weighted by Gasteiger charge is 2.28. The number of anilines is 1. The molecule has 3 aromatic rings. The standard InChI is InChI=1S/C24H24N2O3/c1-14-8-9-15(2)21(12-14)26-23(27)16(3)29-24(28)19-13-22(17-10-11-17)25-20-7-5-4-6-18(19)20/h4-9,12-13,16-17H,10-11H2,1-3H3,(H,26,27)/t16-/m1/s1. The largest absolute Gasteiger partial charge is 0.449 e. The summed E-state index contributed by atoms with van der Waals surface area (Å²) in [5, 5.41) is 3.60. The maximum atomic E-state index is 12.9. The lowest BCUT2D eigenvalue weighted by Gasteiger charge is -2.16. The van der Waals surface area contributed by atoms with Gasteiger partial charge in [0.2, 0.25) is 0 Å². The number of aromatic nitrogens is 1. The Morgan fingerprint density at radius 3 is 2.62 bits per heavy atom. The van der Waals surface area contributed by atoms with Crippen LogP contribution in [-0.2, 0) is 9.53 Å². The van der Waals surface area contributed by atoms with E-state index in [-0.39, 0.29) is 5.91 Å². The van der Waals surface area contributed by atoms with Crippen molar-refractivity contribution in [3.63, 3.8) is 0 Å². The monoisotopic (exact) mass is 388 g/mol. The number of esters is 1. The van der Waals surface area contributed by atoms with Gasteiger partial charge in [-0.25, -0.2) is 4.79 Å². The quantitative estimate of drug-likeness (QED) is 0.631. The molecule has 1 aromatic heterocycles. The lowest BCUT2D eigenvalue weighted by molar-refractivity contribution is -0.123. The molecule has 1 fully saturated rings. The molecule has 5 nitrogen and oxygen atoms in total. The lowest BCUT2D eigenvalue weighted by Crippen LogP contribution is -2.30. The number of nitrogens with zero attached hydrogens (tertiary/aromatic N) is 1. The number of aryl methyl sites for hydroxylation is 2. The second-order valence-corrected chi connectivity index (χ2v) is 7.74. The summed E-state index contributed by atoms with van der Waals surface area (Å²) in [6, 6.07) is 15.2. The van der Waals surface area contributed by atoms with Crippen LogP contribution >= 0.6 is 0 Å². The number of rotatable bonds is 5. The predicted molar refractivity (Wildman–Crippen MR) is 113 cm³/mol. The van der Waals surface area contributed by atoms with Gasteiger partial charge in [-0.15, -0.1) is 0 Å². The Morgan fingerprint density at radius 2 is 1.86 bits per heavy atom. The molecule has 1 N–H and O–H groups in total. The van der Waals surface area contributed by atoms with Crippen LogP contribution in [0, 0.1) is 13.8 Å². The van der Waals surface area contributed by atoms with Gasteiger partial charge in [0.15, 0.2) is 6.10 Å². The van der Waals surface area contributed by atoms with Gasteiger partial charge in [0.25, 0.3) is 5.91 Å². The molecule has 1 heterocycles. The summed E-state index contributed by atoms with van der Waals surface area (Å²) in [5.41, 5.74) is 4.88. The summed E-state index contributed by atoms with van der Waals surface area (Å²) in [5.74, 6) is -0.446. The van der Waals surface area contributed by atoms with Gasteiger partial charge < -0.3 is 10.1 Å². The molecule has 29 heavy (non-hydrogen) atoms. The first-order chi connectivity index (χ1) is 13.9. The number of para-hydroxylation sites is 1. The maximum absolute atomic E-state index is 12.9. The van der Waals surface area contributed by atoms with E-state index < -0.39 is 12.1 Å². The molecule has 0 unspecified atom stereocenters. The number of benzene rings is 2. The Hall–Kier alpha value is -3.21. The fourth-order valence-corrected chi connectivity index (χ4v) is 3.34. The molecule has 1 atom stereocenters. The third-order valence-corrected chi connectivity index (χ3v) is 5.26. The van der Waals surface area contributed by atoms with E-state index in [9.17, 15) is 9.59 Å². The van der Waals surface area contributed by atoms with E-state index in [4.69, 9.17) is 4.74 Å². The highest BCUT2D eigenvalue weighted by molar-refractivity contribution is 6.05. The number of pyridine rings is 1. The summed E-state index contributed by atoms with van der Waals surface area (Å²) >= 11 is 0. The third-order valence-electron chi connectivity index (χ3n) is 5.26. The first-order valence-corrected chi connectivity index (χ1v) is 9.91. The Balaban J connectivity index is 1.54. The summed E-state index contributed by atoms with van der Waals surface area (Å²) in [6.45, 7) is 5.47. The van der Waals surface area contributed by atoms with Crippen molar-refractivity contribution in [1.29, 1.82) is 0 Å². The number of fused-ring (bicyclic) bond motifs is 1. The molecule has 0 spiro atoms. The second-order valence-electron chi connectivity index (χ2n) is 7.74. The van der Waals surface area contributed by atoms with Crippen LogP contribution in [-0.4, -0.2) is 23.0 Å². The topological polar surface area (TPSA) is 68.3 Å². The molecule has 0 bridgehead atoms. The van der Waals surface area contributed by atoms with Crippen LogP contribution in [0.15, 0.2) is 48.5 Å². The molecular formula is C24H24N2O3. The summed E-state index contributed by atoms with van der Waals surface area (Å²) in [4.78, 5) is 30.2. The number of nitrogens with one attached hydrogen (secondary N) is 1. The fraction of sp³-hybridized carbons (Fsp3) is 0.292. The van der Waals surface area contributed by atoms with Crippen molar-refractivity contribution >= 4 is 28.5 Å². The minimum atomic E-state index is -0.918. The van der Waals surface area contributed by atoms with Crippen LogP contribution in [0.4, 0.5) is 5.69 Å². The molecule has 1 aliphatic carbocycles. The number of hydrogen-bond donors (Lipinski definition) is 1. The highest BCUT2D eigenvalue weighted by Crippen LogP contribution is 2.40. The lowest BCUT2D eigenvalue weighted by atomic mass is 10.1. The van der Waals surface area contributed by atoms with Crippen LogP contribution in [0.2, 0.25) is 0 Å². The van der Waals surface area contributed by atoms with E-state index in [1.165, 1.54) is 0 Å². The number of carbonyl (C=O) groups is 2. The van der Waals surface area contributed by atoms with E-state index in [1.54, 1.807) is 6.92 Å². The Kier molecular flexibility index (Phi) is 5.05. The van der Waals surface area contributed by atoms with E-state index >= 15 is 0 Å². The van der Waals surface area contributed by atoms with Crippen molar-refractivity contribution < 1.29 is 14.3 Å². The van der Waals surface area contributed by atoms with Crippen LogP contribution < -0.4 is 5.32 Å². The molecule has 0 aliphatic heterocycles. The predicted octanol–water partition coefficient (Wildman–Crippen LogP) is 4.91. The van der Waals surface area contributed by atoms with Crippen molar-refractivity contribution in [2.75, 3.05) is 5.32 Å². The molecule has 4 rings (SSSR count). The van der Waals surface area contributed by atoms with Gasteiger partial charge in [0.05, 0.1) is 11.1 Å². The zero-order chi connectivity index (χ0) is 20.5. The molecule has 1 aliphatic rings. The van der Waals surface area contributed by atoms with Crippen LogP contribution in [0.1, 0.15) is 52.9 Å². The van der Waals surface area contributed by atoms with Gasteiger partial charge in [-0.05, 0) is 62.9 Å². The van der Waals surface area contributed by atoms with Gasteiger partial charge in [-0.1, -0.05) is 30.3 Å². The van der Waals surface area contributed by atoms with Crippen LogP contribution in [0.5, 0.6) is 0 Å². The molecule has 5 heteroatoms. The highest BCUT2D eigenvalue weighted by atomic mass is 16.5. The smallest absolute Gasteiger partial charge is 0.339 e. The first kappa shape index (κ1) is 19.1. The van der Waals surface area contributed by atoms with Gasteiger partial charge in [-0.3, -0.25) is 9.78 Å². The normalized spacial score (nSPS) is 14.4. The van der Waals surface area contributed by atoms with Crippen molar-refractivity contribution in [3.05, 3.63) is 70.9 Å². The van der Waals surface area contributed by atoms with Gasteiger partial charge in [0, 0.05) is 22.7 Å². The van der Waals surface area contributed by atoms with Gasteiger partial charge >= 0.3 is 5.97 Å². The van der Waals surface area contributed by atoms with Crippen molar-refractivity contribution in [3.8, 4) is 0 Å². The van der Waals surface area contributed by atoms with Crippen molar-refractivity contribution in [2.45, 2.75) is 45.6 Å². The van der Waals surface area contributed by atoms with E-state index in [0.717, 1.165) is 46.3 Å². The summed E-state index contributed by atoms with van der Waals surface area (Å²) < 4.78 is 5.53. The number of hydrogen-bond acceptors (Lipinski definition) is 4. The third kappa shape index (κ3) is 4.14. The van der Waals surface area contributed by atoms with E-state index in [0.29, 0.717) is 11.5 Å². The first-order valence-electron chi connectivity index (χ1n) is 9.91. The molecule has 0 saturated heterocycles. The Labute approximate surface area is 170 Å². The van der Waals surface area contributed by atoms with Crippen LogP contribution in [0.25, 0.3) is 10.9 Å². The second kappa shape index (κ2) is 7.66. The molecule has 2 aromatic carbocycles. The maximum Gasteiger partial charge on any atom is 0.339 e. The fourth-order valence-electron chi connectivity index (χ4n) is 3.34. The molecule has 1 amide bonds. The van der Waals surface area contributed by atoms with E-state index in [1.807, 2.05) is 62.4 Å². The van der Waals surface area contributed by atoms with Gasteiger partial charge in [0.1, 0.15) is 0 Å². The average Bonchev–Trinajstić information content (AvgIpc) is 3.55. The molecule has 1 saturated carbocycles. The zero-order valence-electron chi connectivity index (χ0n) is 16.9. The number of ether oxygens (including phenoxy) is 1. The summed E-state index contributed by atoms with van der Waals surface area (Å²) in [6.07, 6.45) is 1.27. The SMILES string of the molecule is Cc1ccc(C)c(NC(=O)[C@@H](C)OC(=O)c2cc(C3CC3)nc3ccccc23)c1. The Bertz CT molecular complexity index is 1100. The average molecular weight is 388 g/mol. The minimum Gasteiger partial charge on any atom is -0.449 e. The van der Waals surface area contributed by atoms with Crippen molar-refractivity contribution in [1.82, 2.24) is 4.98 Å². The van der Waals surface area contributed by atoms with E-state index in [2.05, 4.69) is 10.3 Å². The Morgan fingerprint density at radius 1 is 1.10 bits per heavy atom. The summed E-state index contributed by atoms with van der Waals surface area (Å²) in [7, 11) is 0. The molecule has 0 radical (unpaired) electrons. The molecular weight excluding hydrogens is 364 g/mol. The zero-order valence-corrected chi connectivity index (χ0v) is 16.9. The van der Waals surface area contributed by atoms with Gasteiger partial charge in [-0.2, -0.15) is 0 Å². The minimum absolute atomic E-state index is 0.354. The van der Waals surface area contributed by atoms with Crippen molar-refractivity contribution in [2.24, 2.45) is 0 Å². The molecule has 148 valence electrons. The van der Waals surface area contributed by atoms with Crippen LogP contribution in [0.3, 0.4) is 0 Å². The number of amides is 1.